The van der Waals surface area contributed by atoms with Crippen LogP contribution in [-0.4, -0.2) is 23.8 Å². The second kappa shape index (κ2) is 7.70. The number of anilines is 1. The number of nitrogens with zero attached hydrogens (tertiary/aromatic N) is 1. The summed E-state index contributed by atoms with van der Waals surface area (Å²) < 4.78 is 0. The van der Waals surface area contributed by atoms with Crippen LogP contribution in [0.4, 0.5) is 5.69 Å². The van der Waals surface area contributed by atoms with Gasteiger partial charge in [-0.1, -0.05) is 24.8 Å². The molecule has 1 heterocycles. The fourth-order valence-electron chi connectivity index (χ4n) is 2.79. The Morgan fingerprint density at radius 3 is 2.44 bits per heavy atom. The third kappa shape index (κ3) is 3.79. The number of aromatic amines is 1. The monoisotopic (exact) mass is 361 g/mol. The molecule has 0 bridgehead atoms. The van der Waals surface area contributed by atoms with Crippen LogP contribution in [0.3, 0.4) is 0 Å². The first-order valence-corrected chi connectivity index (χ1v) is 8.39. The summed E-state index contributed by atoms with van der Waals surface area (Å²) in [5, 5.41) is 4.25. The maximum absolute atomic E-state index is 12.4. The summed E-state index contributed by atoms with van der Waals surface area (Å²) in [7, 11) is 1.64. The molecule has 27 heavy (non-hydrogen) atoms. The number of pyridine rings is 1. The van der Waals surface area contributed by atoms with Crippen molar-refractivity contribution in [3.8, 4) is 0 Å². The average Bonchev–Trinajstić information content (AvgIpc) is 2.72. The zero-order valence-electron chi connectivity index (χ0n) is 14.9. The number of carbonyl (C=O) groups excluding carboxylic acids is 2. The number of likely N-dealkylation sites (N-methyl/N-ethyl adjacent to an activating group) is 1. The fourth-order valence-corrected chi connectivity index (χ4v) is 2.79. The van der Waals surface area contributed by atoms with E-state index in [0.717, 1.165) is 10.9 Å². The molecule has 2 amide bonds. The zero-order chi connectivity index (χ0) is 19.4. The Morgan fingerprint density at radius 2 is 1.78 bits per heavy atom. The van der Waals surface area contributed by atoms with Crippen LogP contribution in [0.2, 0.25) is 0 Å². The SMILES string of the molecule is C=CC(=O)N(C)c1ccc(C(=O)NCc2c[nH]c(=O)c3ccccc23)cc1. The van der Waals surface area contributed by atoms with Crippen molar-refractivity contribution in [2.24, 2.45) is 0 Å². The van der Waals surface area contributed by atoms with E-state index in [9.17, 15) is 14.4 Å². The molecule has 0 spiro atoms. The van der Waals surface area contributed by atoms with Crippen LogP contribution in [-0.2, 0) is 11.3 Å². The van der Waals surface area contributed by atoms with E-state index in [-0.39, 0.29) is 23.9 Å². The van der Waals surface area contributed by atoms with Gasteiger partial charge in [0.1, 0.15) is 0 Å². The van der Waals surface area contributed by atoms with E-state index in [1.807, 2.05) is 12.1 Å². The molecule has 3 aromatic rings. The third-order valence-electron chi connectivity index (χ3n) is 4.36. The predicted octanol–water partition coefficient (Wildman–Crippen LogP) is 2.61. The van der Waals surface area contributed by atoms with Crippen molar-refractivity contribution in [1.82, 2.24) is 10.3 Å². The standard InChI is InChI=1S/C21H19N3O3/c1-3-19(25)24(2)16-10-8-14(9-11-16)20(26)22-12-15-13-23-21(27)18-7-5-4-6-17(15)18/h3-11,13H,1,12H2,2H3,(H,22,26)(H,23,27). The molecule has 0 saturated heterocycles. The Balaban J connectivity index is 1.73. The van der Waals surface area contributed by atoms with Gasteiger partial charge >= 0.3 is 0 Å². The van der Waals surface area contributed by atoms with Crippen molar-refractivity contribution in [2.45, 2.75) is 6.54 Å². The highest BCUT2D eigenvalue weighted by molar-refractivity contribution is 6.01. The van der Waals surface area contributed by atoms with Crippen LogP contribution >= 0.6 is 0 Å². The van der Waals surface area contributed by atoms with E-state index in [2.05, 4.69) is 16.9 Å². The normalized spacial score (nSPS) is 10.4. The Bertz CT molecular complexity index is 1070. The molecule has 2 aromatic carbocycles. The molecule has 1 aromatic heterocycles. The lowest BCUT2D eigenvalue weighted by Crippen LogP contribution is -2.25. The zero-order valence-corrected chi connectivity index (χ0v) is 14.9. The summed E-state index contributed by atoms with van der Waals surface area (Å²) in [6.07, 6.45) is 2.85. The van der Waals surface area contributed by atoms with Gasteiger partial charge in [-0.2, -0.15) is 0 Å². The Hall–Kier alpha value is -3.67. The van der Waals surface area contributed by atoms with Gasteiger partial charge < -0.3 is 15.2 Å². The number of nitrogens with one attached hydrogen (secondary N) is 2. The van der Waals surface area contributed by atoms with Crippen molar-refractivity contribution < 1.29 is 9.59 Å². The minimum Gasteiger partial charge on any atom is -0.348 e. The van der Waals surface area contributed by atoms with Gasteiger partial charge in [-0.15, -0.1) is 0 Å². The summed E-state index contributed by atoms with van der Waals surface area (Å²) in [5.74, 6) is -0.466. The predicted molar refractivity (Wildman–Crippen MR) is 106 cm³/mol. The summed E-state index contributed by atoms with van der Waals surface area (Å²) in [6.45, 7) is 3.74. The number of rotatable bonds is 5. The summed E-state index contributed by atoms with van der Waals surface area (Å²) in [4.78, 5) is 40.0. The second-order valence-electron chi connectivity index (χ2n) is 6.02. The molecule has 0 aliphatic rings. The lowest BCUT2D eigenvalue weighted by molar-refractivity contribution is -0.113. The molecule has 6 heteroatoms. The van der Waals surface area contributed by atoms with E-state index in [1.165, 1.54) is 11.0 Å². The van der Waals surface area contributed by atoms with Gasteiger partial charge in [0.05, 0.1) is 0 Å². The van der Waals surface area contributed by atoms with Gasteiger partial charge in [-0.25, -0.2) is 0 Å². The van der Waals surface area contributed by atoms with Gasteiger partial charge in [0.25, 0.3) is 11.5 Å². The number of carbonyl (C=O) groups is 2. The largest absolute Gasteiger partial charge is 0.348 e. The molecular formula is C21H19N3O3. The van der Waals surface area contributed by atoms with Gasteiger partial charge in [-0.3, -0.25) is 14.4 Å². The lowest BCUT2D eigenvalue weighted by atomic mass is 10.1. The van der Waals surface area contributed by atoms with Crippen LogP contribution in [0.15, 0.2) is 72.2 Å². The lowest BCUT2D eigenvalue weighted by Gasteiger charge is -2.15. The topological polar surface area (TPSA) is 82.3 Å². The average molecular weight is 361 g/mol. The molecule has 0 unspecified atom stereocenters. The van der Waals surface area contributed by atoms with E-state index in [0.29, 0.717) is 16.6 Å². The summed E-state index contributed by atoms with van der Waals surface area (Å²) in [5.41, 5.74) is 1.82. The number of fused-ring (bicyclic) bond motifs is 1. The van der Waals surface area contributed by atoms with Crippen molar-refractivity contribution in [1.29, 1.82) is 0 Å². The van der Waals surface area contributed by atoms with E-state index in [4.69, 9.17) is 0 Å². The maximum atomic E-state index is 12.4. The van der Waals surface area contributed by atoms with Crippen LogP contribution in [0, 0.1) is 0 Å². The van der Waals surface area contributed by atoms with Crippen LogP contribution in [0.5, 0.6) is 0 Å². The molecule has 0 radical (unpaired) electrons. The van der Waals surface area contributed by atoms with Gasteiger partial charge in [0, 0.05) is 36.4 Å². The first kappa shape index (κ1) is 18.1. The third-order valence-corrected chi connectivity index (χ3v) is 4.36. The van der Waals surface area contributed by atoms with Gasteiger partial charge in [-0.05, 0) is 47.4 Å². The van der Waals surface area contributed by atoms with Gasteiger partial charge in [0.2, 0.25) is 5.91 Å². The Morgan fingerprint density at radius 1 is 1.11 bits per heavy atom. The molecule has 136 valence electrons. The highest BCUT2D eigenvalue weighted by Crippen LogP contribution is 2.16. The summed E-state index contributed by atoms with van der Waals surface area (Å²) in [6, 6.07) is 14.0. The smallest absolute Gasteiger partial charge is 0.255 e. The second-order valence-corrected chi connectivity index (χ2v) is 6.02. The number of H-pyrrole nitrogens is 1. The highest BCUT2D eigenvalue weighted by Gasteiger charge is 2.10. The molecule has 0 atom stereocenters. The van der Waals surface area contributed by atoms with E-state index in [1.54, 1.807) is 49.6 Å². The molecule has 0 saturated carbocycles. The van der Waals surface area contributed by atoms with Crippen molar-refractivity contribution in [3.63, 3.8) is 0 Å². The summed E-state index contributed by atoms with van der Waals surface area (Å²) >= 11 is 0. The fraction of sp³-hybridized carbons (Fsp3) is 0.0952. The number of aromatic nitrogens is 1. The molecular weight excluding hydrogens is 342 g/mol. The maximum Gasteiger partial charge on any atom is 0.255 e. The molecule has 3 rings (SSSR count). The number of hydrogen-bond donors (Lipinski definition) is 2. The van der Waals surface area contributed by atoms with Crippen molar-refractivity contribution in [3.05, 3.63) is 88.9 Å². The van der Waals surface area contributed by atoms with Crippen LogP contribution in [0.25, 0.3) is 10.8 Å². The number of benzene rings is 2. The first-order chi connectivity index (χ1) is 13.0. The van der Waals surface area contributed by atoms with Crippen LogP contribution in [0.1, 0.15) is 15.9 Å². The quantitative estimate of drug-likeness (QED) is 0.686. The number of hydrogen-bond acceptors (Lipinski definition) is 3. The molecule has 6 nitrogen and oxygen atoms in total. The first-order valence-electron chi connectivity index (χ1n) is 8.39. The minimum atomic E-state index is -0.241. The minimum absolute atomic E-state index is 0.158. The molecule has 0 aliphatic carbocycles. The van der Waals surface area contributed by atoms with Gasteiger partial charge in [0.15, 0.2) is 0 Å². The highest BCUT2D eigenvalue weighted by atomic mass is 16.2. The van der Waals surface area contributed by atoms with Crippen LogP contribution < -0.4 is 15.8 Å². The van der Waals surface area contributed by atoms with Crippen molar-refractivity contribution in [2.75, 3.05) is 11.9 Å². The van der Waals surface area contributed by atoms with Crippen molar-refractivity contribution >= 4 is 28.3 Å². The van der Waals surface area contributed by atoms with E-state index >= 15 is 0 Å². The molecule has 2 N–H and O–H groups in total. The van der Waals surface area contributed by atoms with E-state index < -0.39 is 0 Å². The molecule has 0 aliphatic heterocycles. The Kier molecular flexibility index (Phi) is 5.17. The molecule has 0 fully saturated rings. The number of amides is 2. The Labute approximate surface area is 156 Å².